The van der Waals surface area contributed by atoms with Gasteiger partial charge >= 0.3 is 0 Å². The maximum absolute atomic E-state index is 5.73. The van der Waals surface area contributed by atoms with Crippen molar-refractivity contribution in [2.45, 2.75) is 45.6 Å². The van der Waals surface area contributed by atoms with Gasteiger partial charge < -0.3 is 0 Å². The number of hydrogen-bond acceptors (Lipinski definition) is 3. The Labute approximate surface area is 127 Å². The van der Waals surface area contributed by atoms with Gasteiger partial charge in [-0.3, -0.25) is 16.3 Å². The molecule has 112 valence electrons. The molecule has 0 bridgehead atoms. The molecule has 0 spiro atoms. The van der Waals surface area contributed by atoms with Crippen LogP contribution in [-0.2, 0) is 11.8 Å². The largest absolute Gasteiger partial charge is 0.271 e. The molecule has 0 amide bonds. The molecule has 0 aliphatic rings. The Kier molecular flexibility index (Phi) is 4.76. The summed E-state index contributed by atoms with van der Waals surface area (Å²) >= 11 is 0. The van der Waals surface area contributed by atoms with Gasteiger partial charge in [-0.25, -0.2) is 0 Å². The van der Waals surface area contributed by atoms with Crippen molar-refractivity contribution >= 4 is 0 Å². The highest BCUT2D eigenvalue weighted by molar-refractivity contribution is 5.29. The monoisotopic (exact) mass is 283 g/mol. The highest BCUT2D eigenvalue weighted by Gasteiger charge is 2.16. The highest BCUT2D eigenvalue weighted by Crippen LogP contribution is 2.24. The number of benzene rings is 1. The van der Waals surface area contributed by atoms with E-state index in [1.807, 2.05) is 12.3 Å². The summed E-state index contributed by atoms with van der Waals surface area (Å²) in [6, 6.07) is 12.8. The van der Waals surface area contributed by atoms with E-state index in [0.717, 1.165) is 17.7 Å². The highest BCUT2D eigenvalue weighted by atomic mass is 15.2. The Balaban J connectivity index is 2.18. The maximum Gasteiger partial charge on any atom is 0.0675 e. The smallest absolute Gasteiger partial charge is 0.0675 e. The fourth-order valence-electron chi connectivity index (χ4n) is 2.47. The lowest BCUT2D eigenvalue weighted by atomic mass is 9.86. The molecule has 1 aromatic heterocycles. The zero-order valence-electron chi connectivity index (χ0n) is 13.4. The van der Waals surface area contributed by atoms with Crippen molar-refractivity contribution in [1.82, 2.24) is 10.4 Å². The molecule has 21 heavy (non-hydrogen) atoms. The van der Waals surface area contributed by atoms with Crippen molar-refractivity contribution in [2.75, 3.05) is 0 Å². The van der Waals surface area contributed by atoms with Crippen LogP contribution in [0.4, 0.5) is 0 Å². The molecule has 1 heterocycles. The minimum absolute atomic E-state index is 0.0340. The normalized spacial score (nSPS) is 13.2. The molecule has 0 aliphatic heterocycles. The number of pyridine rings is 1. The van der Waals surface area contributed by atoms with Crippen LogP contribution >= 0.6 is 0 Å². The number of aromatic nitrogens is 1. The number of hydrogen-bond donors (Lipinski definition) is 2. The SMILES string of the molecule is Cc1cccnc1C(Cc1ccc(C(C)(C)C)cc1)NN. The number of rotatable bonds is 4. The molecule has 0 aliphatic carbocycles. The quantitative estimate of drug-likeness (QED) is 0.667. The molecule has 0 fully saturated rings. The van der Waals surface area contributed by atoms with Crippen LogP contribution in [0, 0.1) is 6.92 Å². The lowest BCUT2D eigenvalue weighted by Gasteiger charge is -2.20. The van der Waals surface area contributed by atoms with Crippen molar-refractivity contribution in [3.05, 3.63) is 65.0 Å². The van der Waals surface area contributed by atoms with Gasteiger partial charge in [0.05, 0.1) is 11.7 Å². The van der Waals surface area contributed by atoms with Crippen molar-refractivity contribution in [3.63, 3.8) is 0 Å². The average molecular weight is 283 g/mol. The third-order valence-corrected chi connectivity index (χ3v) is 3.84. The van der Waals surface area contributed by atoms with Gasteiger partial charge in [-0.2, -0.15) is 0 Å². The zero-order valence-corrected chi connectivity index (χ0v) is 13.4. The first-order chi connectivity index (χ1) is 9.91. The van der Waals surface area contributed by atoms with Crippen LogP contribution in [0.5, 0.6) is 0 Å². The fourth-order valence-corrected chi connectivity index (χ4v) is 2.47. The lowest BCUT2D eigenvalue weighted by Crippen LogP contribution is -2.30. The van der Waals surface area contributed by atoms with Gasteiger partial charge in [-0.15, -0.1) is 0 Å². The molecule has 3 heteroatoms. The van der Waals surface area contributed by atoms with E-state index in [-0.39, 0.29) is 11.5 Å². The van der Waals surface area contributed by atoms with E-state index in [1.54, 1.807) is 0 Å². The number of aryl methyl sites for hydroxylation is 1. The molecule has 3 N–H and O–H groups in total. The lowest BCUT2D eigenvalue weighted by molar-refractivity contribution is 0.534. The van der Waals surface area contributed by atoms with E-state index < -0.39 is 0 Å². The predicted octanol–water partition coefficient (Wildman–Crippen LogP) is 3.43. The van der Waals surface area contributed by atoms with Crippen molar-refractivity contribution in [3.8, 4) is 0 Å². The predicted molar refractivity (Wildman–Crippen MR) is 87.9 cm³/mol. The molecule has 1 unspecified atom stereocenters. The summed E-state index contributed by atoms with van der Waals surface area (Å²) in [6.45, 7) is 8.74. The third kappa shape index (κ3) is 3.90. The number of hydrazine groups is 1. The van der Waals surface area contributed by atoms with Crippen LogP contribution in [0.1, 0.15) is 49.2 Å². The molecule has 2 aromatic rings. The minimum Gasteiger partial charge on any atom is -0.271 e. The van der Waals surface area contributed by atoms with E-state index in [2.05, 4.69) is 68.4 Å². The van der Waals surface area contributed by atoms with Gasteiger partial charge in [0.15, 0.2) is 0 Å². The van der Waals surface area contributed by atoms with Crippen molar-refractivity contribution in [2.24, 2.45) is 5.84 Å². The Morgan fingerprint density at radius 3 is 2.33 bits per heavy atom. The third-order valence-electron chi connectivity index (χ3n) is 3.84. The first-order valence-electron chi connectivity index (χ1n) is 7.39. The van der Waals surface area contributed by atoms with Gasteiger partial charge in [-0.1, -0.05) is 51.1 Å². The fraction of sp³-hybridized carbons (Fsp3) is 0.389. The molecule has 2 rings (SSSR count). The molecule has 1 atom stereocenters. The van der Waals surface area contributed by atoms with E-state index in [1.165, 1.54) is 11.1 Å². The molecule has 0 saturated carbocycles. The van der Waals surface area contributed by atoms with Crippen LogP contribution < -0.4 is 11.3 Å². The molecule has 0 radical (unpaired) electrons. The van der Waals surface area contributed by atoms with Gasteiger partial charge in [0.25, 0.3) is 0 Å². The van der Waals surface area contributed by atoms with Gasteiger partial charge in [0.1, 0.15) is 0 Å². The van der Waals surface area contributed by atoms with E-state index in [0.29, 0.717) is 0 Å². The van der Waals surface area contributed by atoms with Crippen LogP contribution in [0.25, 0.3) is 0 Å². The summed E-state index contributed by atoms with van der Waals surface area (Å²) in [6.07, 6.45) is 2.65. The van der Waals surface area contributed by atoms with E-state index in [9.17, 15) is 0 Å². The maximum atomic E-state index is 5.73. The van der Waals surface area contributed by atoms with Crippen molar-refractivity contribution in [1.29, 1.82) is 0 Å². The number of nitrogens with two attached hydrogens (primary N) is 1. The van der Waals surface area contributed by atoms with E-state index >= 15 is 0 Å². The Morgan fingerprint density at radius 1 is 1.14 bits per heavy atom. The summed E-state index contributed by atoms with van der Waals surface area (Å²) in [4.78, 5) is 4.46. The second kappa shape index (κ2) is 6.37. The van der Waals surface area contributed by atoms with Crippen LogP contribution in [-0.4, -0.2) is 4.98 Å². The summed E-state index contributed by atoms with van der Waals surface area (Å²) in [5.41, 5.74) is 7.85. The van der Waals surface area contributed by atoms with E-state index in [4.69, 9.17) is 5.84 Å². The number of nitrogens with zero attached hydrogens (tertiary/aromatic N) is 1. The molecular formula is C18H25N3. The van der Waals surface area contributed by atoms with Crippen LogP contribution in [0.2, 0.25) is 0 Å². The second-order valence-electron chi connectivity index (χ2n) is 6.58. The van der Waals surface area contributed by atoms with Gasteiger partial charge in [0.2, 0.25) is 0 Å². The first kappa shape index (κ1) is 15.7. The molecule has 1 aromatic carbocycles. The summed E-state index contributed by atoms with van der Waals surface area (Å²) in [7, 11) is 0. The molecule has 0 saturated heterocycles. The summed E-state index contributed by atoms with van der Waals surface area (Å²) < 4.78 is 0. The topological polar surface area (TPSA) is 50.9 Å². The molecular weight excluding hydrogens is 258 g/mol. The average Bonchev–Trinajstić information content (AvgIpc) is 2.45. The van der Waals surface area contributed by atoms with Gasteiger partial charge in [-0.05, 0) is 41.5 Å². The van der Waals surface area contributed by atoms with Crippen LogP contribution in [0.3, 0.4) is 0 Å². The standard InChI is InChI=1S/C18H25N3/c1-13-6-5-11-20-17(13)16(21-19)12-14-7-9-15(10-8-14)18(2,3)4/h5-11,16,21H,12,19H2,1-4H3. The summed E-state index contributed by atoms with van der Waals surface area (Å²) in [5.74, 6) is 5.73. The van der Waals surface area contributed by atoms with Crippen LogP contribution in [0.15, 0.2) is 42.6 Å². The Morgan fingerprint density at radius 2 is 1.81 bits per heavy atom. The van der Waals surface area contributed by atoms with Crippen molar-refractivity contribution < 1.29 is 0 Å². The Hall–Kier alpha value is -1.71. The second-order valence-corrected chi connectivity index (χ2v) is 6.58. The number of nitrogens with one attached hydrogen (secondary N) is 1. The molecule has 3 nitrogen and oxygen atoms in total. The Bertz CT molecular complexity index is 582. The summed E-state index contributed by atoms with van der Waals surface area (Å²) in [5, 5.41) is 0. The first-order valence-corrected chi connectivity index (χ1v) is 7.39. The zero-order chi connectivity index (χ0) is 15.5. The van der Waals surface area contributed by atoms with Gasteiger partial charge in [0, 0.05) is 6.20 Å². The minimum atomic E-state index is 0.0340.